The number of guanidine groups is 1. The summed E-state index contributed by atoms with van der Waals surface area (Å²) >= 11 is 6.73. The number of hydrazine groups is 1. The van der Waals surface area contributed by atoms with Crippen molar-refractivity contribution >= 4 is 28.9 Å². The number of nitrogens with one attached hydrogen (secondary N) is 2. The summed E-state index contributed by atoms with van der Waals surface area (Å²) in [6.07, 6.45) is 1.45. The Bertz CT molecular complexity index is 381. The van der Waals surface area contributed by atoms with E-state index in [1.54, 1.807) is 0 Å². The maximum Gasteiger partial charge on any atom is 0.254 e. The van der Waals surface area contributed by atoms with Crippen molar-refractivity contribution in [2.24, 2.45) is 0 Å². The van der Waals surface area contributed by atoms with Crippen LogP contribution in [0.3, 0.4) is 0 Å². The number of halogens is 1. The monoisotopic (exact) mass is 249 g/mol. The van der Waals surface area contributed by atoms with Crippen molar-refractivity contribution in [3.63, 3.8) is 0 Å². The van der Waals surface area contributed by atoms with E-state index in [4.69, 9.17) is 17.0 Å². The normalized spacial score (nSPS) is 9.73. The molecular formula is C6H8ClN5O2S. The lowest BCUT2D eigenvalue weighted by molar-refractivity contribution is -0.633. The van der Waals surface area contributed by atoms with Gasteiger partial charge in [0.1, 0.15) is 6.54 Å². The molecule has 0 unspecified atom stereocenters. The standard InChI is InChI=1S/C6H8ClN5O2S/c1-9-6(8)11(12(13)14)3-4-2-10-5(7)15-4/h2H,3H2,1H3,(H2,8,9). The Balaban J connectivity index is 2.75. The van der Waals surface area contributed by atoms with Gasteiger partial charge in [0, 0.05) is 13.2 Å². The number of nitrogens with zero attached hydrogens (tertiary/aromatic N) is 3. The highest BCUT2D eigenvalue weighted by Gasteiger charge is 2.21. The molecule has 1 heterocycles. The van der Waals surface area contributed by atoms with E-state index < -0.39 is 5.03 Å². The zero-order valence-electron chi connectivity index (χ0n) is 7.73. The van der Waals surface area contributed by atoms with Gasteiger partial charge >= 0.3 is 0 Å². The van der Waals surface area contributed by atoms with E-state index in [0.29, 0.717) is 14.4 Å². The number of rotatable bonds is 3. The van der Waals surface area contributed by atoms with Gasteiger partial charge in [-0.05, 0) is 0 Å². The first kappa shape index (κ1) is 11.7. The molecule has 82 valence electrons. The van der Waals surface area contributed by atoms with E-state index >= 15 is 0 Å². The fourth-order valence-electron chi connectivity index (χ4n) is 0.852. The van der Waals surface area contributed by atoms with Gasteiger partial charge in [0.25, 0.3) is 5.96 Å². The highest BCUT2D eigenvalue weighted by molar-refractivity contribution is 7.15. The quantitative estimate of drug-likeness (QED) is 0.360. The Hall–Kier alpha value is -1.41. The fraction of sp³-hybridized carbons (Fsp3) is 0.333. The van der Waals surface area contributed by atoms with Crippen LogP contribution in [0.15, 0.2) is 6.20 Å². The summed E-state index contributed by atoms with van der Waals surface area (Å²) in [5, 5.41) is 20.3. The smallest absolute Gasteiger partial charge is 0.254 e. The summed E-state index contributed by atoms with van der Waals surface area (Å²) in [6, 6.07) is 0. The van der Waals surface area contributed by atoms with Gasteiger partial charge in [-0.25, -0.2) is 15.1 Å². The molecule has 15 heavy (non-hydrogen) atoms. The van der Waals surface area contributed by atoms with Gasteiger partial charge in [-0.1, -0.05) is 16.6 Å². The van der Waals surface area contributed by atoms with Gasteiger partial charge in [-0.3, -0.25) is 5.41 Å². The van der Waals surface area contributed by atoms with Crippen LogP contribution in [0.5, 0.6) is 0 Å². The molecule has 0 aliphatic rings. The first-order chi connectivity index (χ1) is 7.04. The fourth-order valence-corrected chi connectivity index (χ4v) is 1.81. The van der Waals surface area contributed by atoms with Gasteiger partial charge in [0.15, 0.2) is 9.50 Å². The van der Waals surface area contributed by atoms with Crippen LogP contribution in [0.2, 0.25) is 4.47 Å². The van der Waals surface area contributed by atoms with Gasteiger partial charge < -0.3 is 5.32 Å². The molecule has 1 aromatic rings. The van der Waals surface area contributed by atoms with Crippen molar-refractivity contribution in [1.29, 1.82) is 5.41 Å². The first-order valence-electron chi connectivity index (χ1n) is 3.83. The molecule has 0 aliphatic heterocycles. The zero-order chi connectivity index (χ0) is 11.4. The van der Waals surface area contributed by atoms with Crippen molar-refractivity contribution in [3.8, 4) is 0 Å². The minimum Gasteiger partial charge on any atom is -0.355 e. The highest BCUT2D eigenvalue weighted by atomic mass is 35.5. The third-order valence-corrected chi connectivity index (χ3v) is 2.62. The summed E-state index contributed by atoms with van der Waals surface area (Å²) in [7, 11) is 1.44. The number of thiazole rings is 1. The summed E-state index contributed by atoms with van der Waals surface area (Å²) in [5.41, 5.74) is 0. The molecule has 0 saturated carbocycles. The molecule has 2 N–H and O–H groups in total. The van der Waals surface area contributed by atoms with Crippen LogP contribution < -0.4 is 5.32 Å². The topological polar surface area (TPSA) is 95.2 Å². The van der Waals surface area contributed by atoms with Crippen LogP contribution in [0.1, 0.15) is 4.88 Å². The molecule has 0 saturated heterocycles. The average Bonchev–Trinajstić information content (AvgIpc) is 2.59. The molecule has 1 rings (SSSR count). The van der Waals surface area contributed by atoms with Crippen molar-refractivity contribution in [2.75, 3.05) is 7.05 Å². The molecule has 0 amide bonds. The van der Waals surface area contributed by atoms with Crippen molar-refractivity contribution in [1.82, 2.24) is 15.3 Å². The summed E-state index contributed by atoms with van der Waals surface area (Å²) < 4.78 is 0.323. The molecule has 0 atom stereocenters. The number of hydrogen-bond acceptors (Lipinski definition) is 5. The summed E-state index contributed by atoms with van der Waals surface area (Å²) in [4.78, 5) is 15.0. The number of aromatic nitrogens is 1. The minimum atomic E-state index is -0.660. The number of hydrogen-bond donors (Lipinski definition) is 2. The average molecular weight is 250 g/mol. The van der Waals surface area contributed by atoms with Crippen molar-refractivity contribution < 1.29 is 5.03 Å². The molecule has 0 bridgehead atoms. The third-order valence-electron chi connectivity index (χ3n) is 1.52. The Kier molecular flexibility index (Phi) is 3.81. The van der Waals surface area contributed by atoms with Crippen LogP contribution in [-0.4, -0.2) is 28.0 Å². The second-order valence-electron chi connectivity index (χ2n) is 2.47. The molecule has 0 radical (unpaired) electrons. The maximum atomic E-state index is 10.6. The van der Waals surface area contributed by atoms with E-state index in [1.165, 1.54) is 13.2 Å². The summed E-state index contributed by atoms with van der Waals surface area (Å²) in [6.45, 7) is -0.0307. The molecule has 7 nitrogen and oxygen atoms in total. The summed E-state index contributed by atoms with van der Waals surface area (Å²) in [5.74, 6) is -0.287. The van der Waals surface area contributed by atoms with Crippen LogP contribution in [0.4, 0.5) is 0 Å². The Labute approximate surface area is 94.3 Å². The second-order valence-corrected chi connectivity index (χ2v) is 4.17. The molecule has 9 heteroatoms. The number of nitro groups is 1. The Morgan fingerprint density at radius 3 is 3.00 bits per heavy atom. The van der Waals surface area contributed by atoms with E-state index in [9.17, 15) is 10.1 Å². The van der Waals surface area contributed by atoms with Crippen LogP contribution in [-0.2, 0) is 6.54 Å². The molecule has 0 fully saturated rings. The zero-order valence-corrected chi connectivity index (χ0v) is 9.30. The van der Waals surface area contributed by atoms with Crippen molar-refractivity contribution in [2.45, 2.75) is 6.54 Å². The third kappa shape index (κ3) is 3.03. The maximum absolute atomic E-state index is 10.6. The largest absolute Gasteiger partial charge is 0.355 e. The molecule has 1 aromatic heterocycles. The van der Waals surface area contributed by atoms with Crippen molar-refractivity contribution in [3.05, 3.63) is 25.7 Å². The Morgan fingerprint density at radius 2 is 2.60 bits per heavy atom. The molecular weight excluding hydrogens is 242 g/mol. The van der Waals surface area contributed by atoms with E-state index in [2.05, 4.69) is 10.3 Å². The van der Waals surface area contributed by atoms with Gasteiger partial charge in [0.05, 0.1) is 4.88 Å². The van der Waals surface area contributed by atoms with Gasteiger partial charge in [-0.15, -0.1) is 11.3 Å². The van der Waals surface area contributed by atoms with E-state index in [1.807, 2.05) is 0 Å². The second kappa shape index (κ2) is 4.89. The molecule has 0 aromatic carbocycles. The van der Waals surface area contributed by atoms with Gasteiger partial charge in [0.2, 0.25) is 0 Å². The van der Waals surface area contributed by atoms with Crippen LogP contribution >= 0.6 is 22.9 Å². The molecule has 0 spiro atoms. The van der Waals surface area contributed by atoms with Crippen LogP contribution in [0.25, 0.3) is 0 Å². The SMILES string of the molecule is CNC(=N)N(Cc1cnc(Cl)s1)[N+](=O)[O-]. The molecule has 0 aliphatic carbocycles. The van der Waals surface area contributed by atoms with E-state index in [-0.39, 0.29) is 12.5 Å². The lowest BCUT2D eigenvalue weighted by Crippen LogP contribution is -2.41. The lowest BCUT2D eigenvalue weighted by Gasteiger charge is -2.12. The Morgan fingerprint density at radius 1 is 1.93 bits per heavy atom. The van der Waals surface area contributed by atoms with Crippen LogP contribution in [0, 0.1) is 15.5 Å². The lowest BCUT2D eigenvalue weighted by atomic mass is 10.5. The first-order valence-corrected chi connectivity index (χ1v) is 5.02. The minimum absolute atomic E-state index is 0.0307. The van der Waals surface area contributed by atoms with Gasteiger partial charge in [-0.2, -0.15) is 0 Å². The predicted molar refractivity (Wildman–Crippen MR) is 56.4 cm³/mol. The predicted octanol–water partition coefficient (Wildman–Crippen LogP) is 0.944. The highest BCUT2D eigenvalue weighted by Crippen LogP contribution is 2.19. The van der Waals surface area contributed by atoms with E-state index in [0.717, 1.165) is 11.3 Å².